The summed E-state index contributed by atoms with van der Waals surface area (Å²) < 4.78 is 34.5. The molecule has 1 saturated heterocycles. The average Bonchev–Trinajstić information content (AvgIpc) is 2.81. The summed E-state index contributed by atoms with van der Waals surface area (Å²) in [5.74, 6) is 0.796. The Hall–Kier alpha value is -2.07. The Kier molecular flexibility index (Phi) is 11.6. The molecule has 1 saturated carbocycles. The third-order valence-corrected chi connectivity index (χ3v) is 6.37. The van der Waals surface area contributed by atoms with Gasteiger partial charge in [-0.05, 0) is 24.8 Å². The Morgan fingerprint density at radius 2 is 1.69 bits per heavy atom. The quantitative estimate of drug-likeness (QED) is 0.219. The molecule has 0 unspecified atom stereocenters. The first kappa shape index (κ1) is 26.2. The predicted octanol–water partition coefficient (Wildman–Crippen LogP) is 2.22. The van der Waals surface area contributed by atoms with Gasteiger partial charge >= 0.3 is 6.09 Å². The Balaban J connectivity index is 1.84. The molecule has 0 radical (unpaired) electrons. The summed E-state index contributed by atoms with van der Waals surface area (Å²) in [5.41, 5.74) is 0.390. The number of amides is 2. The van der Waals surface area contributed by atoms with Crippen molar-refractivity contribution in [2.24, 2.45) is 5.92 Å². The van der Waals surface area contributed by atoms with Crippen molar-refractivity contribution < 1.29 is 27.5 Å². The van der Waals surface area contributed by atoms with E-state index in [2.05, 4.69) is 4.72 Å². The zero-order valence-electron chi connectivity index (χ0n) is 19.2. The van der Waals surface area contributed by atoms with Crippen LogP contribution in [0, 0.1) is 5.92 Å². The smallest absolute Gasteiger partial charge is 0.409 e. The Bertz CT molecular complexity index is 743. The van der Waals surface area contributed by atoms with Gasteiger partial charge in [0.2, 0.25) is 10.9 Å². The highest BCUT2D eigenvalue weighted by Crippen LogP contribution is 2.26. The largest absolute Gasteiger partial charge is 0.496 e. The molecule has 0 aromatic heterocycles. The minimum atomic E-state index is -2.73. The minimum Gasteiger partial charge on any atom is -0.496 e. The van der Waals surface area contributed by atoms with Crippen LogP contribution in [0.3, 0.4) is 0 Å². The van der Waals surface area contributed by atoms with E-state index < -0.39 is 10.9 Å². The summed E-state index contributed by atoms with van der Waals surface area (Å²) in [6.07, 6.45) is 10.9. The van der Waals surface area contributed by atoms with Crippen molar-refractivity contribution in [3.05, 3.63) is 23.5 Å². The number of ether oxygens (including phenoxy) is 2. The van der Waals surface area contributed by atoms with Gasteiger partial charge in [0.15, 0.2) is 0 Å². The normalized spacial score (nSPS) is 18.7. The van der Waals surface area contributed by atoms with Crippen LogP contribution in [0.25, 0.3) is 0 Å². The molecule has 1 aliphatic carbocycles. The van der Waals surface area contributed by atoms with Crippen LogP contribution in [0.4, 0.5) is 4.79 Å². The van der Waals surface area contributed by atoms with E-state index in [0.717, 1.165) is 6.42 Å². The first-order valence-corrected chi connectivity index (χ1v) is 12.7. The van der Waals surface area contributed by atoms with E-state index in [1.165, 1.54) is 45.3 Å². The molecule has 1 heterocycles. The van der Waals surface area contributed by atoms with Gasteiger partial charge in [-0.1, -0.05) is 45.1 Å². The van der Waals surface area contributed by atoms with Gasteiger partial charge in [-0.15, -0.1) is 0 Å². The number of nitrogens with zero attached hydrogens (tertiary/aromatic N) is 2. The monoisotopic (exact) mass is 471 g/mol. The summed E-state index contributed by atoms with van der Waals surface area (Å²) >= 11 is 0. The highest BCUT2D eigenvalue weighted by Gasteiger charge is 2.28. The minimum absolute atomic E-state index is 0.0384. The van der Waals surface area contributed by atoms with Crippen LogP contribution in [0.2, 0.25) is 0 Å². The van der Waals surface area contributed by atoms with E-state index >= 15 is 0 Å². The van der Waals surface area contributed by atoms with Gasteiger partial charge in [0, 0.05) is 32.7 Å². The number of methoxy groups -OCH3 is 1. The molecule has 0 atom stereocenters. The van der Waals surface area contributed by atoms with Crippen LogP contribution in [-0.2, 0) is 25.2 Å². The van der Waals surface area contributed by atoms with Crippen LogP contribution in [-0.4, -0.2) is 76.7 Å². The highest BCUT2D eigenvalue weighted by atomic mass is 32.2. The van der Waals surface area contributed by atoms with Gasteiger partial charge in [0.25, 0.3) is 5.91 Å². The Morgan fingerprint density at radius 1 is 1.03 bits per heavy atom. The van der Waals surface area contributed by atoms with E-state index in [1.807, 2.05) is 6.92 Å². The summed E-state index contributed by atoms with van der Waals surface area (Å²) in [4.78, 5) is 28.8. The second-order valence-corrected chi connectivity index (χ2v) is 8.93. The number of hydrogen-bond donors (Lipinski definition) is 2. The number of carbonyl (C=O) groups excluding carboxylic acids is 2. The molecule has 2 rings (SSSR count). The standard InChI is InChI=1S/C22H37N3O6S/c1-3-7-19(20(30-2)10-12-23-32(28)29)21(26)24-13-15-25(16-14-24)22(27)31-17-11-18-8-5-4-6-9-18/h7,10,18,32H,3-6,8-9,11-17H2,1-2H3,(H,23,28,29)/b19-7+,20-10+. The Labute approximate surface area is 192 Å². The molecular formula is C22H37N3O6S. The van der Waals surface area contributed by atoms with Gasteiger partial charge in [-0.3, -0.25) is 4.79 Å². The molecule has 0 aromatic carbocycles. The maximum atomic E-state index is 13.1. The van der Waals surface area contributed by atoms with E-state index in [1.54, 1.807) is 15.9 Å². The molecule has 2 amide bonds. The van der Waals surface area contributed by atoms with Crippen molar-refractivity contribution in [1.82, 2.24) is 14.5 Å². The van der Waals surface area contributed by atoms with E-state index in [4.69, 9.17) is 9.47 Å². The lowest BCUT2D eigenvalue weighted by molar-refractivity contribution is -0.128. The van der Waals surface area contributed by atoms with Gasteiger partial charge < -0.3 is 19.3 Å². The van der Waals surface area contributed by atoms with E-state index in [-0.39, 0.29) is 18.5 Å². The summed E-state index contributed by atoms with van der Waals surface area (Å²) in [7, 11) is -1.28. The van der Waals surface area contributed by atoms with Gasteiger partial charge in [0.1, 0.15) is 5.76 Å². The van der Waals surface area contributed by atoms with Crippen molar-refractivity contribution in [2.45, 2.75) is 51.9 Å². The molecule has 1 N–H and O–H groups in total. The van der Waals surface area contributed by atoms with Crippen LogP contribution < -0.4 is 4.72 Å². The fourth-order valence-electron chi connectivity index (χ4n) is 4.16. The fraction of sp³-hybridized carbons (Fsp3) is 0.727. The first-order valence-electron chi connectivity index (χ1n) is 11.5. The lowest BCUT2D eigenvalue weighted by Gasteiger charge is -2.34. The summed E-state index contributed by atoms with van der Waals surface area (Å²) in [5, 5.41) is 0. The third-order valence-electron chi connectivity index (χ3n) is 5.93. The lowest BCUT2D eigenvalue weighted by Crippen LogP contribution is -2.51. The average molecular weight is 472 g/mol. The number of thiol groups is 1. The fourth-order valence-corrected chi connectivity index (χ4v) is 4.40. The maximum absolute atomic E-state index is 13.1. The molecule has 10 heteroatoms. The number of piperazine rings is 1. The second kappa shape index (κ2) is 14.2. The highest BCUT2D eigenvalue weighted by molar-refractivity contribution is 7.70. The Morgan fingerprint density at radius 3 is 2.28 bits per heavy atom. The number of hydrogen-bond acceptors (Lipinski definition) is 6. The molecule has 2 fully saturated rings. The topological polar surface area (TPSA) is 105 Å². The van der Waals surface area contributed by atoms with E-state index in [0.29, 0.717) is 56.5 Å². The van der Waals surface area contributed by atoms with Crippen molar-refractivity contribution >= 4 is 22.9 Å². The molecule has 9 nitrogen and oxygen atoms in total. The van der Waals surface area contributed by atoms with Crippen LogP contribution >= 0.6 is 0 Å². The number of allylic oxidation sites excluding steroid dienone is 1. The molecule has 182 valence electrons. The van der Waals surface area contributed by atoms with E-state index in [9.17, 15) is 18.0 Å². The predicted molar refractivity (Wildman–Crippen MR) is 122 cm³/mol. The SMILES string of the molecule is CC/C=C(C(=O)N1CCN(C(=O)OCCC2CCCCC2)CC1)\C(=C/CN[SH](=O)=O)OC. The molecule has 0 aromatic rings. The number of nitrogens with one attached hydrogen (secondary N) is 1. The molecule has 0 bridgehead atoms. The molecule has 32 heavy (non-hydrogen) atoms. The third kappa shape index (κ3) is 8.46. The van der Waals surface area contributed by atoms with Crippen LogP contribution in [0.15, 0.2) is 23.5 Å². The molecular weight excluding hydrogens is 434 g/mol. The summed E-state index contributed by atoms with van der Waals surface area (Å²) in [6, 6.07) is 0. The molecule has 1 aliphatic heterocycles. The van der Waals surface area contributed by atoms with Crippen molar-refractivity contribution in [3.8, 4) is 0 Å². The lowest BCUT2D eigenvalue weighted by atomic mass is 9.87. The number of rotatable bonds is 10. The zero-order valence-corrected chi connectivity index (χ0v) is 20.1. The number of carbonyl (C=O) groups is 2. The van der Waals surface area contributed by atoms with Crippen LogP contribution in [0.1, 0.15) is 51.9 Å². The summed E-state index contributed by atoms with van der Waals surface area (Å²) in [6.45, 7) is 4.04. The second-order valence-electron chi connectivity index (χ2n) is 8.10. The van der Waals surface area contributed by atoms with Gasteiger partial charge in [0.05, 0.1) is 19.3 Å². The molecule has 2 aliphatic rings. The molecule has 0 spiro atoms. The van der Waals surface area contributed by atoms with Crippen molar-refractivity contribution in [2.75, 3.05) is 46.4 Å². The van der Waals surface area contributed by atoms with Gasteiger partial charge in [-0.2, -0.15) is 0 Å². The van der Waals surface area contributed by atoms with Crippen molar-refractivity contribution in [3.63, 3.8) is 0 Å². The zero-order chi connectivity index (χ0) is 23.3. The van der Waals surface area contributed by atoms with Crippen molar-refractivity contribution in [1.29, 1.82) is 0 Å². The van der Waals surface area contributed by atoms with Gasteiger partial charge in [-0.25, -0.2) is 17.9 Å². The first-order chi connectivity index (χ1) is 15.5. The maximum Gasteiger partial charge on any atom is 0.409 e. The van der Waals surface area contributed by atoms with Crippen LogP contribution in [0.5, 0.6) is 0 Å².